The van der Waals surface area contributed by atoms with Crippen LogP contribution in [0.15, 0.2) is 11.6 Å². The summed E-state index contributed by atoms with van der Waals surface area (Å²) in [4.78, 5) is 12.1. The van der Waals surface area contributed by atoms with Gasteiger partial charge in [0.25, 0.3) is 0 Å². The molecule has 0 fully saturated rings. The molecule has 0 radical (unpaired) electrons. The van der Waals surface area contributed by atoms with Crippen LogP contribution in [0.2, 0.25) is 0 Å². The Labute approximate surface area is 77.6 Å². The van der Waals surface area contributed by atoms with Gasteiger partial charge in [-0.15, -0.1) is 0 Å². The molecule has 0 aromatic heterocycles. The van der Waals surface area contributed by atoms with E-state index in [4.69, 9.17) is 16.7 Å². The molecule has 0 aliphatic rings. The first-order valence-corrected chi connectivity index (χ1v) is 4.10. The molecule has 4 heteroatoms. The van der Waals surface area contributed by atoms with Gasteiger partial charge in [0.1, 0.15) is 0 Å². The Morgan fingerprint density at radius 2 is 2.08 bits per heavy atom. The van der Waals surface area contributed by atoms with Crippen LogP contribution in [0.5, 0.6) is 0 Å². The smallest absolute Gasteiger partial charge is 0.317 e. The van der Waals surface area contributed by atoms with E-state index in [0.717, 1.165) is 0 Å². The van der Waals surface area contributed by atoms with Crippen LogP contribution < -0.4 is 0 Å². The standard InChI is InChI=1S/C8H14ClNO2/c1-6(2)10(4-7(3)9)5-8(11)12/h6H,3-5H2,1-2H3,(H,11,12). The largest absolute Gasteiger partial charge is 0.480 e. The maximum absolute atomic E-state index is 10.4. The van der Waals surface area contributed by atoms with Crippen LogP contribution in [-0.2, 0) is 4.79 Å². The van der Waals surface area contributed by atoms with E-state index in [1.54, 1.807) is 4.90 Å². The first kappa shape index (κ1) is 11.5. The molecular weight excluding hydrogens is 178 g/mol. The summed E-state index contributed by atoms with van der Waals surface area (Å²) in [5.74, 6) is -0.846. The minimum Gasteiger partial charge on any atom is -0.480 e. The molecule has 0 saturated heterocycles. The summed E-state index contributed by atoms with van der Waals surface area (Å²) < 4.78 is 0. The zero-order valence-corrected chi connectivity index (χ0v) is 8.14. The predicted octanol–water partition coefficient (Wildman–Crippen LogP) is 1.53. The summed E-state index contributed by atoms with van der Waals surface area (Å²) in [7, 11) is 0. The summed E-state index contributed by atoms with van der Waals surface area (Å²) >= 11 is 5.57. The van der Waals surface area contributed by atoms with Gasteiger partial charge in [0.15, 0.2) is 0 Å². The van der Waals surface area contributed by atoms with Gasteiger partial charge in [-0.25, -0.2) is 0 Å². The Morgan fingerprint density at radius 1 is 1.58 bits per heavy atom. The van der Waals surface area contributed by atoms with E-state index >= 15 is 0 Å². The molecule has 0 aliphatic heterocycles. The van der Waals surface area contributed by atoms with Crippen LogP contribution in [0.3, 0.4) is 0 Å². The van der Waals surface area contributed by atoms with Gasteiger partial charge >= 0.3 is 5.97 Å². The summed E-state index contributed by atoms with van der Waals surface area (Å²) in [6.45, 7) is 7.78. The molecule has 0 aromatic rings. The van der Waals surface area contributed by atoms with Crippen molar-refractivity contribution < 1.29 is 9.90 Å². The highest BCUT2D eigenvalue weighted by Crippen LogP contribution is 2.05. The van der Waals surface area contributed by atoms with Crippen LogP contribution in [0.4, 0.5) is 0 Å². The topological polar surface area (TPSA) is 40.5 Å². The normalized spacial score (nSPS) is 10.8. The van der Waals surface area contributed by atoms with Crippen LogP contribution in [0.1, 0.15) is 13.8 Å². The number of nitrogens with zero attached hydrogens (tertiary/aromatic N) is 1. The van der Waals surface area contributed by atoms with Crippen LogP contribution in [0.25, 0.3) is 0 Å². The highest BCUT2D eigenvalue weighted by molar-refractivity contribution is 6.29. The number of halogens is 1. The van der Waals surface area contributed by atoms with Crippen molar-refractivity contribution in [3.05, 3.63) is 11.6 Å². The third kappa shape index (κ3) is 5.16. The van der Waals surface area contributed by atoms with Gasteiger partial charge in [0.2, 0.25) is 0 Å². The van der Waals surface area contributed by atoms with Crippen molar-refractivity contribution in [2.75, 3.05) is 13.1 Å². The van der Waals surface area contributed by atoms with Crippen molar-refractivity contribution in [3.63, 3.8) is 0 Å². The van der Waals surface area contributed by atoms with Crippen LogP contribution >= 0.6 is 11.6 Å². The van der Waals surface area contributed by atoms with Gasteiger partial charge in [-0.05, 0) is 13.8 Å². The first-order chi connectivity index (χ1) is 5.43. The van der Waals surface area contributed by atoms with Gasteiger partial charge in [-0.3, -0.25) is 9.69 Å². The molecule has 0 saturated carbocycles. The van der Waals surface area contributed by atoms with Gasteiger partial charge in [0, 0.05) is 17.6 Å². The van der Waals surface area contributed by atoms with Crippen molar-refractivity contribution in [2.45, 2.75) is 19.9 Å². The van der Waals surface area contributed by atoms with E-state index < -0.39 is 5.97 Å². The summed E-state index contributed by atoms with van der Waals surface area (Å²) in [5, 5.41) is 8.99. The summed E-state index contributed by atoms with van der Waals surface area (Å²) in [5.41, 5.74) is 0. The predicted molar refractivity (Wildman–Crippen MR) is 49.3 cm³/mol. The van der Waals surface area contributed by atoms with Crippen molar-refractivity contribution in [2.24, 2.45) is 0 Å². The second-order valence-corrected chi connectivity index (χ2v) is 3.44. The second-order valence-electron chi connectivity index (χ2n) is 2.91. The molecule has 0 rings (SSSR count). The fourth-order valence-corrected chi connectivity index (χ4v) is 0.969. The molecule has 0 aliphatic carbocycles. The lowest BCUT2D eigenvalue weighted by Gasteiger charge is -2.23. The van der Waals surface area contributed by atoms with E-state index in [1.807, 2.05) is 13.8 Å². The molecule has 0 unspecified atom stereocenters. The van der Waals surface area contributed by atoms with Gasteiger partial charge in [0.05, 0.1) is 6.54 Å². The maximum atomic E-state index is 10.4. The van der Waals surface area contributed by atoms with E-state index in [9.17, 15) is 4.79 Å². The SMILES string of the molecule is C=C(Cl)CN(CC(=O)O)C(C)C. The Hall–Kier alpha value is -0.540. The molecule has 0 aromatic carbocycles. The average Bonchev–Trinajstić information content (AvgIpc) is 1.83. The minimum atomic E-state index is -0.846. The van der Waals surface area contributed by atoms with Crippen molar-refractivity contribution >= 4 is 17.6 Å². The number of carbonyl (C=O) groups is 1. The molecular formula is C8H14ClNO2. The second kappa shape index (κ2) is 5.17. The fraction of sp³-hybridized carbons (Fsp3) is 0.625. The zero-order valence-electron chi connectivity index (χ0n) is 7.38. The van der Waals surface area contributed by atoms with E-state index in [2.05, 4.69) is 6.58 Å². The lowest BCUT2D eigenvalue weighted by atomic mass is 10.3. The maximum Gasteiger partial charge on any atom is 0.317 e. The third-order valence-electron chi connectivity index (χ3n) is 1.44. The first-order valence-electron chi connectivity index (χ1n) is 3.72. The Morgan fingerprint density at radius 3 is 2.33 bits per heavy atom. The molecule has 0 spiro atoms. The Bertz CT molecular complexity index is 164. The quantitative estimate of drug-likeness (QED) is 0.717. The third-order valence-corrected chi connectivity index (χ3v) is 1.56. The summed E-state index contributed by atoms with van der Waals surface area (Å²) in [6, 6.07) is 0.164. The molecule has 0 atom stereocenters. The number of aliphatic carboxylic acids is 1. The molecule has 1 N–H and O–H groups in total. The molecule has 12 heavy (non-hydrogen) atoms. The molecule has 0 bridgehead atoms. The van der Waals surface area contributed by atoms with Crippen LogP contribution in [-0.4, -0.2) is 35.1 Å². The number of hydrogen-bond donors (Lipinski definition) is 1. The zero-order chi connectivity index (χ0) is 9.72. The minimum absolute atomic E-state index is 0.00338. The average molecular weight is 192 g/mol. The number of carboxylic acids is 1. The Kier molecular flexibility index (Phi) is 4.93. The molecule has 70 valence electrons. The van der Waals surface area contributed by atoms with E-state index in [-0.39, 0.29) is 12.6 Å². The molecule has 0 heterocycles. The highest BCUT2D eigenvalue weighted by atomic mass is 35.5. The molecule has 3 nitrogen and oxygen atoms in total. The fourth-order valence-electron chi connectivity index (χ4n) is 0.815. The van der Waals surface area contributed by atoms with E-state index in [0.29, 0.717) is 11.6 Å². The number of hydrogen-bond acceptors (Lipinski definition) is 2. The Balaban J connectivity index is 4.04. The van der Waals surface area contributed by atoms with Gasteiger partial charge in [-0.2, -0.15) is 0 Å². The number of rotatable bonds is 5. The molecule has 0 amide bonds. The van der Waals surface area contributed by atoms with Gasteiger partial charge in [-0.1, -0.05) is 18.2 Å². The van der Waals surface area contributed by atoms with Crippen molar-refractivity contribution in [1.82, 2.24) is 4.90 Å². The summed E-state index contributed by atoms with van der Waals surface area (Å²) in [6.07, 6.45) is 0. The van der Waals surface area contributed by atoms with Crippen molar-refractivity contribution in [3.8, 4) is 0 Å². The van der Waals surface area contributed by atoms with E-state index in [1.165, 1.54) is 0 Å². The monoisotopic (exact) mass is 191 g/mol. The van der Waals surface area contributed by atoms with Crippen molar-refractivity contribution in [1.29, 1.82) is 0 Å². The number of carboxylic acid groups (broad SMARTS) is 1. The lowest BCUT2D eigenvalue weighted by molar-refractivity contribution is -0.138. The van der Waals surface area contributed by atoms with Gasteiger partial charge < -0.3 is 5.11 Å². The van der Waals surface area contributed by atoms with Crippen LogP contribution in [0, 0.1) is 0 Å². The highest BCUT2D eigenvalue weighted by Gasteiger charge is 2.13. The lowest BCUT2D eigenvalue weighted by Crippen LogP contribution is -2.36.